The molecule has 7 heteroatoms. The van der Waals surface area contributed by atoms with Crippen LogP contribution in [0.5, 0.6) is 0 Å². The molecule has 2 N–H and O–H groups in total. The Balaban J connectivity index is 1.87. The van der Waals surface area contributed by atoms with Crippen molar-refractivity contribution >= 4 is 23.4 Å². The topological polar surface area (TPSA) is 82.9 Å². The first kappa shape index (κ1) is 14.6. The van der Waals surface area contributed by atoms with Crippen molar-refractivity contribution in [2.45, 2.75) is 6.42 Å². The van der Waals surface area contributed by atoms with Gasteiger partial charge in [0.05, 0.1) is 23.8 Å². The van der Waals surface area contributed by atoms with E-state index in [0.717, 1.165) is 6.42 Å². The molecule has 0 amide bonds. The lowest BCUT2D eigenvalue weighted by atomic mass is 9.75. The summed E-state index contributed by atoms with van der Waals surface area (Å²) in [5, 5.41) is 19.1. The summed E-state index contributed by atoms with van der Waals surface area (Å²) < 4.78 is 5.51. The van der Waals surface area contributed by atoms with Gasteiger partial charge in [0.15, 0.2) is 0 Å². The summed E-state index contributed by atoms with van der Waals surface area (Å²) >= 11 is 6.18. The van der Waals surface area contributed by atoms with E-state index in [1.807, 2.05) is 4.90 Å². The standard InChI is InChI=1S/C14H17ClN2O4/c15-11-3-9(13(19)20)4-16-12(11)17-5-10-6-21-2-1-14(10,7-17)8-18/h3-4,10,18H,1-2,5-8H2,(H,19,20)/t10-,14-/m1/s1. The zero-order valence-corrected chi connectivity index (χ0v) is 12.2. The van der Waals surface area contributed by atoms with E-state index >= 15 is 0 Å². The summed E-state index contributed by atoms with van der Waals surface area (Å²) in [5.74, 6) is -0.233. The van der Waals surface area contributed by atoms with Crippen molar-refractivity contribution in [2.24, 2.45) is 11.3 Å². The van der Waals surface area contributed by atoms with E-state index < -0.39 is 5.97 Å². The number of pyridine rings is 1. The molecule has 3 rings (SSSR count). The quantitative estimate of drug-likeness (QED) is 0.874. The van der Waals surface area contributed by atoms with Crippen LogP contribution in [0.3, 0.4) is 0 Å². The number of carboxylic acid groups (broad SMARTS) is 1. The van der Waals surface area contributed by atoms with Gasteiger partial charge in [0, 0.05) is 37.2 Å². The van der Waals surface area contributed by atoms with Crippen LogP contribution in [0.15, 0.2) is 12.3 Å². The Labute approximate surface area is 127 Å². The zero-order chi connectivity index (χ0) is 15.0. The molecule has 0 unspecified atom stereocenters. The molecular weight excluding hydrogens is 296 g/mol. The fourth-order valence-electron chi connectivity index (χ4n) is 3.25. The van der Waals surface area contributed by atoms with E-state index in [9.17, 15) is 9.90 Å². The number of nitrogens with zero attached hydrogens (tertiary/aromatic N) is 2. The molecule has 0 spiro atoms. The summed E-state index contributed by atoms with van der Waals surface area (Å²) in [7, 11) is 0. The Morgan fingerprint density at radius 3 is 3.05 bits per heavy atom. The van der Waals surface area contributed by atoms with Gasteiger partial charge < -0.3 is 19.8 Å². The number of aromatic carboxylic acids is 1. The lowest BCUT2D eigenvalue weighted by Crippen LogP contribution is -2.41. The number of anilines is 1. The van der Waals surface area contributed by atoms with Gasteiger partial charge in [0.1, 0.15) is 5.82 Å². The first-order valence-corrected chi connectivity index (χ1v) is 7.26. The summed E-state index contributed by atoms with van der Waals surface area (Å²) in [6.07, 6.45) is 2.13. The monoisotopic (exact) mass is 312 g/mol. The lowest BCUT2D eigenvalue weighted by molar-refractivity contribution is -0.0410. The molecule has 2 fully saturated rings. The third-order valence-electron chi connectivity index (χ3n) is 4.56. The average molecular weight is 313 g/mol. The van der Waals surface area contributed by atoms with E-state index in [2.05, 4.69) is 4.98 Å². The predicted octanol–water partition coefficient (Wildman–Crippen LogP) is 1.27. The number of aliphatic hydroxyl groups is 1. The number of aliphatic hydroxyl groups excluding tert-OH is 1. The Morgan fingerprint density at radius 2 is 2.43 bits per heavy atom. The van der Waals surface area contributed by atoms with Crippen molar-refractivity contribution in [1.82, 2.24) is 4.98 Å². The minimum absolute atomic E-state index is 0.0700. The van der Waals surface area contributed by atoms with Gasteiger partial charge in [-0.2, -0.15) is 0 Å². The minimum atomic E-state index is -1.05. The van der Waals surface area contributed by atoms with Crippen LogP contribution in [0.1, 0.15) is 16.8 Å². The highest BCUT2D eigenvalue weighted by atomic mass is 35.5. The van der Waals surface area contributed by atoms with Crippen LogP contribution in [0.2, 0.25) is 5.02 Å². The van der Waals surface area contributed by atoms with Gasteiger partial charge in [-0.15, -0.1) is 0 Å². The summed E-state index contributed by atoms with van der Waals surface area (Å²) in [6, 6.07) is 1.41. The second-order valence-electron chi connectivity index (χ2n) is 5.76. The number of carboxylic acids is 1. The predicted molar refractivity (Wildman–Crippen MR) is 76.9 cm³/mol. The van der Waals surface area contributed by atoms with Crippen molar-refractivity contribution in [3.05, 3.63) is 22.8 Å². The molecule has 1 aromatic heterocycles. The molecule has 0 aliphatic carbocycles. The number of ether oxygens (including phenoxy) is 1. The van der Waals surface area contributed by atoms with Gasteiger partial charge in [0.25, 0.3) is 0 Å². The van der Waals surface area contributed by atoms with E-state index in [1.54, 1.807) is 0 Å². The Hall–Kier alpha value is -1.37. The fourth-order valence-corrected chi connectivity index (χ4v) is 3.53. The zero-order valence-electron chi connectivity index (χ0n) is 11.5. The molecule has 0 saturated carbocycles. The smallest absolute Gasteiger partial charge is 0.337 e. The molecule has 114 valence electrons. The second-order valence-corrected chi connectivity index (χ2v) is 6.16. The van der Waals surface area contributed by atoms with Gasteiger partial charge in [-0.3, -0.25) is 0 Å². The number of aromatic nitrogens is 1. The first-order chi connectivity index (χ1) is 10.1. The number of carbonyl (C=O) groups is 1. The van der Waals surface area contributed by atoms with Crippen LogP contribution in [-0.2, 0) is 4.74 Å². The van der Waals surface area contributed by atoms with Gasteiger partial charge in [-0.25, -0.2) is 9.78 Å². The van der Waals surface area contributed by atoms with E-state index in [4.69, 9.17) is 21.4 Å². The molecule has 2 atom stereocenters. The number of hydrogen-bond donors (Lipinski definition) is 2. The molecule has 1 aromatic rings. The van der Waals surface area contributed by atoms with E-state index in [-0.39, 0.29) is 23.5 Å². The molecule has 21 heavy (non-hydrogen) atoms. The Morgan fingerprint density at radius 1 is 1.62 bits per heavy atom. The molecule has 3 heterocycles. The van der Waals surface area contributed by atoms with Gasteiger partial charge in [0.2, 0.25) is 0 Å². The van der Waals surface area contributed by atoms with Crippen LogP contribution in [-0.4, -0.2) is 54.1 Å². The van der Waals surface area contributed by atoms with Crippen molar-refractivity contribution in [1.29, 1.82) is 0 Å². The third-order valence-corrected chi connectivity index (χ3v) is 4.84. The number of hydrogen-bond acceptors (Lipinski definition) is 5. The van der Waals surface area contributed by atoms with Gasteiger partial charge in [-0.05, 0) is 12.5 Å². The molecule has 2 aliphatic heterocycles. The van der Waals surface area contributed by atoms with Crippen LogP contribution in [0.4, 0.5) is 5.82 Å². The molecule has 0 aromatic carbocycles. The summed E-state index contributed by atoms with van der Waals surface area (Å²) in [6.45, 7) is 2.77. The highest BCUT2D eigenvalue weighted by Crippen LogP contribution is 2.44. The third kappa shape index (κ3) is 2.47. The van der Waals surface area contributed by atoms with Crippen molar-refractivity contribution in [3.8, 4) is 0 Å². The van der Waals surface area contributed by atoms with Crippen LogP contribution < -0.4 is 4.90 Å². The largest absolute Gasteiger partial charge is 0.478 e. The van der Waals surface area contributed by atoms with Crippen molar-refractivity contribution in [3.63, 3.8) is 0 Å². The average Bonchev–Trinajstić information content (AvgIpc) is 2.86. The SMILES string of the molecule is O=C(O)c1cnc(N2C[C@@H]3COCC[C@]3(CO)C2)c(Cl)c1. The highest BCUT2D eigenvalue weighted by molar-refractivity contribution is 6.33. The Kier molecular flexibility index (Phi) is 3.77. The van der Waals surface area contributed by atoms with Gasteiger partial charge >= 0.3 is 5.97 Å². The van der Waals surface area contributed by atoms with Crippen LogP contribution in [0, 0.1) is 11.3 Å². The summed E-state index contributed by atoms with van der Waals surface area (Å²) in [4.78, 5) is 17.1. The van der Waals surface area contributed by atoms with E-state index in [1.165, 1.54) is 12.3 Å². The molecule has 2 aliphatic rings. The van der Waals surface area contributed by atoms with Crippen LogP contribution >= 0.6 is 11.6 Å². The van der Waals surface area contributed by atoms with Crippen molar-refractivity contribution in [2.75, 3.05) is 37.8 Å². The molecule has 6 nitrogen and oxygen atoms in total. The highest BCUT2D eigenvalue weighted by Gasteiger charge is 2.48. The fraction of sp³-hybridized carbons (Fsp3) is 0.571. The van der Waals surface area contributed by atoms with Crippen LogP contribution in [0.25, 0.3) is 0 Å². The molecule has 0 bridgehead atoms. The van der Waals surface area contributed by atoms with E-state index in [0.29, 0.717) is 37.1 Å². The number of rotatable bonds is 3. The normalized spacial score (nSPS) is 28.5. The maximum atomic E-state index is 10.9. The maximum absolute atomic E-state index is 10.9. The Bertz CT molecular complexity index is 568. The van der Waals surface area contributed by atoms with Crippen molar-refractivity contribution < 1.29 is 19.7 Å². The molecular formula is C14H17ClN2O4. The summed E-state index contributed by atoms with van der Waals surface area (Å²) in [5.41, 5.74) is -0.102. The number of fused-ring (bicyclic) bond motifs is 1. The molecule has 0 radical (unpaired) electrons. The maximum Gasteiger partial charge on any atom is 0.337 e. The minimum Gasteiger partial charge on any atom is -0.478 e. The van der Waals surface area contributed by atoms with Gasteiger partial charge in [-0.1, -0.05) is 11.6 Å². The molecule has 2 saturated heterocycles. The second kappa shape index (κ2) is 5.44. The lowest BCUT2D eigenvalue weighted by Gasteiger charge is -2.36. The first-order valence-electron chi connectivity index (χ1n) is 6.88. The number of halogens is 1.